The highest BCUT2D eigenvalue weighted by Crippen LogP contribution is 2.12. The average Bonchev–Trinajstić information content (AvgIpc) is 3.21. The monoisotopic (exact) mass is 311 g/mol. The molecule has 2 aromatic rings. The number of hydrogen-bond acceptors (Lipinski definition) is 2. The highest BCUT2D eigenvalue weighted by molar-refractivity contribution is 5.80. The summed E-state index contributed by atoms with van der Waals surface area (Å²) in [6, 6.07) is 8.74. The maximum atomic E-state index is 4.69. The number of benzene rings is 1. The molecule has 2 N–H and O–H groups in total. The first-order chi connectivity index (χ1) is 11.4. The number of rotatable bonds is 6. The van der Waals surface area contributed by atoms with Gasteiger partial charge in [0.25, 0.3) is 0 Å². The van der Waals surface area contributed by atoms with Gasteiger partial charge in [-0.15, -0.1) is 0 Å². The van der Waals surface area contributed by atoms with Crippen molar-refractivity contribution < 1.29 is 0 Å². The Balaban J connectivity index is 1.51. The highest BCUT2D eigenvalue weighted by Gasteiger charge is 2.11. The van der Waals surface area contributed by atoms with E-state index in [1.165, 1.54) is 5.52 Å². The van der Waals surface area contributed by atoms with Gasteiger partial charge in [0, 0.05) is 25.7 Å². The van der Waals surface area contributed by atoms with Gasteiger partial charge < -0.3 is 15.2 Å². The summed E-state index contributed by atoms with van der Waals surface area (Å²) >= 11 is 0. The Hall–Kier alpha value is -2.30. The van der Waals surface area contributed by atoms with E-state index in [9.17, 15) is 0 Å². The standard InChI is InChI=1S/C18H25N5/c1-2-19-18(22-15-8-3-4-9-15)20-12-7-13-23-14-21-16-10-5-6-11-17(16)23/h3-6,10-11,14-15H,2,7-9,12-13H2,1H3,(H2,19,20,22). The van der Waals surface area contributed by atoms with Crippen LogP contribution in [-0.4, -0.2) is 34.6 Å². The van der Waals surface area contributed by atoms with Crippen molar-refractivity contribution >= 4 is 17.0 Å². The van der Waals surface area contributed by atoms with Crippen LogP contribution in [0.5, 0.6) is 0 Å². The molecular weight excluding hydrogens is 286 g/mol. The van der Waals surface area contributed by atoms with Crippen LogP contribution < -0.4 is 10.6 Å². The van der Waals surface area contributed by atoms with Gasteiger partial charge in [-0.1, -0.05) is 24.3 Å². The lowest BCUT2D eigenvalue weighted by molar-refractivity contribution is 0.625. The maximum absolute atomic E-state index is 4.69. The summed E-state index contributed by atoms with van der Waals surface area (Å²) in [6.07, 6.45) is 9.55. The fourth-order valence-corrected chi connectivity index (χ4v) is 2.87. The van der Waals surface area contributed by atoms with E-state index in [-0.39, 0.29) is 0 Å². The minimum Gasteiger partial charge on any atom is -0.357 e. The fraction of sp³-hybridized carbons (Fsp3) is 0.444. The van der Waals surface area contributed by atoms with Crippen LogP contribution in [0.3, 0.4) is 0 Å². The number of nitrogens with one attached hydrogen (secondary N) is 2. The van der Waals surface area contributed by atoms with Crippen molar-refractivity contribution in [2.45, 2.75) is 38.8 Å². The van der Waals surface area contributed by atoms with Crippen molar-refractivity contribution in [2.24, 2.45) is 4.99 Å². The Morgan fingerprint density at radius 2 is 2.13 bits per heavy atom. The lowest BCUT2D eigenvalue weighted by Gasteiger charge is -2.16. The third kappa shape index (κ3) is 4.12. The molecule has 3 rings (SSSR count). The second-order valence-electron chi connectivity index (χ2n) is 5.82. The molecule has 0 atom stereocenters. The van der Waals surface area contributed by atoms with Crippen LogP contribution in [-0.2, 0) is 6.54 Å². The van der Waals surface area contributed by atoms with Crippen molar-refractivity contribution in [3.63, 3.8) is 0 Å². The van der Waals surface area contributed by atoms with E-state index in [0.717, 1.165) is 50.4 Å². The zero-order valence-corrected chi connectivity index (χ0v) is 13.7. The van der Waals surface area contributed by atoms with Gasteiger partial charge in [0.15, 0.2) is 5.96 Å². The molecular formula is C18H25N5. The molecule has 122 valence electrons. The number of aliphatic imine (C=N–C) groups is 1. The molecule has 1 aliphatic rings. The number of para-hydroxylation sites is 2. The summed E-state index contributed by atoms with van der Waals surface area (Å²) in [4.78, 5) is 9.12. The minimum absolute atomic E-state index is 0.491. The first-order valence-corrected chi connectivity index (χ1v) is 8.46. The van der Waals surface area contributed by atoms with Gasteiger partial charge >= 0.3 is 0 Å². The summed E-state index contributed by atoms with van der Waals surface area (Å²) in [7, 11) is 0. The van der Waals surface area contributed by atoms with E-state index in [2.05, 4.69) is 56.4 Å². The van der Waals surface area contributed by atoms with Gasteiger partial charge in [-0.25, -0.2) is 4.98 Å². The van der Waals surface area contributed by atoms with Gasteiger partial charge in [-0.05, 0) is 38.3 Å². The molecule has 5 nitrogen and oxygen atoms in total. The van der Waals surface area contributed by atoms with Crippen molar-refractivity contribution in [2.75, 3.05) is 13.1 Å². The minimum atomic E-state index is 0.491. The summed E-state index contributed by atoms with van der Waals surface area (Å²) < 4.78 is 2.20. The van der Waals surface area contributed by atoms with E-state index >= 15 is 0 Å². The van der Waals surface area contributed by atoms with E-state index in [0.29, 0.717) is 6.04 Å². The zero-order valence-electron chi connectivity index (χ0n) is 13.7. The lowest BCUT2D eigenvalue weighted by Crippen LogP contribution is -2.42. The molecule has 0 bridgehead atoms. The summed E-state index contributed by atoms with van der Waals surface area (Å²) in [5.74, 6) is 0.927. The van der Waals surface area contributed by atoms with Crippen LogP contribution in [0.4, 0.5) is 0 Å². The van der Waals surface area contributed by atoms with Crippen LogP contribution in [0, 0.1) is 0 Å². The second kappa shape index (κ2) is 7.81. The van der Waals surface area contributed by atoms with E-state index in [1.807, 2.05) is 18.5 Å². The molecule has 1 heterocycles. The lowest BCUT2D eigenvalue weighted by atomic mass is 10.2. The van der Waals surface area contributed by atoms with Gasteiger partial charge in [0.2, 0.25) is 0 Å². The fourth-order valence-electron chi connectivity index (χ4n) is 2.87. The van der Waals surface area contributed by atoms with Crippen molar-refractivity contribution in [1.82, 2.24) is 20.2 Å². The quantitative estimate of drug-likeness (QED) is 0.373. The largest absolute Gasteiger partial charge is 0.357 e. The number of imidazole rings is 1. The number of fused-ring (bicyclic) bond motifs is 1. The van der Waals surface area contributed by atoms with Crippen molar-refractivity contribution in [3.05, 3.63) is 42.7 Å². The Bertz CT molecular complexity index is 678. The van der Waals surface area contributed by atoms with Crippen LogP contribution in [0.1, 0.15) is 26.2 Å². The summed E-state index contributed by atoms with van der Waals surface area (Å²) in [5.41, 5.74) is 2.25. The topological polar surface area (TPSA) is 54.2 Å². The molecule has 0 aliphatic heterocycles. The summed E-state index contributed by atoms with van der Waals surface area (Å²) in [5, 5.41) is 6.82. The van der Waals surface area contributed by atoms with Crippen molar-refractivity contribution in [1.29, 1.82) is 0 Å². The molecule has 0 saturated carbocycles. The molecule has 0 saturated heterocycles. The molecule has 1 aromatic heterocycles. The number of nitrogens with zero attached hydrogens (tertiary/aromatic N) is 3. The number of aromatic nitrogens is 2. The normalized spacial score (nSPS) is 15.4. The van der Waals surface area contributed by atoms with Crippen LogP contribution in [0.25, 0.3) is 11.0 Å². The predicted molar refractivity (Wildman–Crippen MR) is 95.6 cm³/mol. The third-order valence-corrected chi connectivity index (χ3v) is 4.05. The molecule has 0 radical (unpaired) electrons. The third-order valence-electron chi connectivity index (χ3n) is 4.05. The summed E-state index contributed by atoms with van der Waals surface area (Å²) in [6.45, 7) is 4.73. The van der Waals surface area contributed by atoms with E-state index in [1.54, 1.807) is 0 Å². The second-order valence-corrected chi connectivity index (χ2v) is 5.82. The van der Waals surface area contributed by atoms with Crippen LogP contribution in [0.15, 0.2) is 47.7 Å². The Labute approximate surface area is 137 Å². The molecule has 5 heteroatoms. The van der Waals surface area contributed by atoms with Crippen LogP contribution in [0.2, 0.25) is 0 Å². The van der Waals surface area contributed by atoms with E-state index < -0.39 is 0 Å². The average molecular weight is 311 g/mol. The van der Waals surface area contributed by atoms with Gasteiger partial charge in [0.05, 0.1) is 17.4 Å². The maximum Gasteiger partial charge on any atom is 0.191 e. The SMILES string of the molecule is CCNC(=NCCCn1cnc2ccccc21)NC1CC=CC1. The number of aryl methyl sites for hydroxylation is 1. The zero-order chi connectivity index (χ0) is 15.9. The molecule has 0 spiro atoms. The van der Waals surface area contributed by atoms with Gasteiger partial charge in [0.1, 0.15) is 0 Å². The van der Waals surface area contributed by atoms with Crippen molar-refractivity contribution in [3.8, 4) is 0 Å². The smallest absolute Gasteiger partial charge is 0.191 e. The first kappa shape index (κ1) is 15.6. The van der Waals surface area contributed by atoms with Gasteiger partial charge in [-0.3, -0.25) is 4.99 Å². The number of hydrogen-bond donors (Lipinski definition) is 2. The molecule has 1 aromatic carbocycles. The molecule has 1 aliphatic carbocycles. The Kier molecular flexibility index (Phi) is 5.29. The highest BCUT2D eigenvalue weighted by atomic mass is 15.2. The molecule has 0 amide bonds. The Morgan fingerprint density at radius 1 is 1.30 bits per heavy atom. The number of guanidine groups is 1. The van der Waals surface area contributed by atoms with Crippen LogP contribution >= 0.6 is 0 Å². The molecule has 0 fully saturated rings. The first-order valence-electron chi connectivity index (χ1n) is 8.46. The Morgan fingerprint density at radius 3 is 2.96 bits per heavy atom. The predicted octanol–water partition coefficient (Wildman–Crippen LogP) is 2.70. The molecule has 23 heavy (non-hydrogen) atoms. The molecule has 0 unspecified atom stereocenters. The van der Waals surface area contributed by atoms with E-state index in [4.69, 9.17) is 0 Å². The van der Waals surface area contributed by atoms with Gasteiger partial charge in [-0.2, -0.15) is 0 Å².